The Morgan fingerprint density at radius 2 is 2.17 bits per heavy atom. The summed E-state index contributed by atoms with van der Waals surface area (Å²) in [6.45, 7) is 3.10. The van der Waals surface area contributed by atoms with Crippen molar-refractivity contribution < 1.29 is 4.79 Å². The molecule has 0 saturated heterocycles. The smallest absolute Gasteiger partial charge is 0.257 e. The Morgan fingerprint density at radius 3 is 2.89 bits per heavy atom. The van der Waals surface area contributed by atoms with E-state index in [2.05, 4.69) is 10.2 Å². The van der Waals surface area contributed by atoms with Crippen LogP contribution in [0.1, 0.15) is 27.2 Å². The van der Waals surface area contributed by atoms with Crippen LogP contribution in [0.2, 0.25) is 0 Å². The Bertz CT molecular complexity index is 617. The van der Waals surface area contributed by atoms with Gasteiger partial charge in [-0.15, -0.1) is 0 Å². The number of nitrogens with one attached hydrogen (secondary N) is 1. The van der Waals surface area contributed by atoms with Gasteiger partial charge in [0.1, 0.15) is 0 Å². The third-order valence-electron chi connectivity index (χ3n) is 3.30. The third kappa shape index (κ3) is 1.64. The lowest BCUT2D eigenvalue weighted by Gasteiger charge is -2.14. The van der Waals surface area contributed by atoms with Crippen molar-refractivity contribution >= 4 is 11.6 Å². The van der Waals surface area contributed by atoms with Crippen LogP contribution in [0.15, 0.2) is 24.4 Å². The zero-order chi connectivity index (χ0) is 12.7. The molecule has 3 rings (SSSR count). The lowest BCUT2D eigenvalue weighted by molar-refractivity contribution is 0.0750. The average molecular weight is 242 g/mol. The van der Waals surface area contributed by atoms with Gasteiger partial charge in [0.25, 0.3) is 5.91 Å². The molecule has 1 aromatic heterocycles. The molecule has 3 N–H and O–H groups in total. The number of carbonyl (C=O) groups excluding carboxylic acids is 1. The molecule has 18 heavy (non-hydrogen) atoms. The van der Waals surface area contributed by atoms with Crippen molar-refractivity contribution in [1.82, 2.24) is 15.1 Å². The number of carbonyl (C=O) groups is 1. The topological polar surface area (TPSA) is 75.0 Å². The summed E-state index contributed by atoms with van der Waals surface area (Å²) in [5.41, 5.74) is 10.2. The predicted molar refractivity (Wildman–Crippen MR) is 67.8 cm³/mol. The molecule has 0 bridgehead atoms. The Morgan fingerprint density at radius 1 is 1.39 bits per heavy atom. The van der Waals surface area contributed by atoms with Crippen LogP contribution in [-0.2, 0) is 13.1 Å². The Hall–Kier alpha value is -2.30. The van der Waals surface area contributed by atoms with Crippen molar-refractivity contribution in [3.8, 4) is 0 Å². The van der Waals surface area contributed by atoms with Gasteiger partial charge < -0.3 is 10.6 Å². The van der Waals surface area contributed by atoms with Crippen LogP contribution in [-0.4, -0.2) is 21.0 Å². The largest absolute Gasteiger partial charge is 0.399 e. The Kier molecular flexibility index (Phi) is 2.33. The van der Waals surface area contributed by atoms with E-state index >= 15 is 0 Å². The molecule has 5 heteroatoms. The van der Waals surface area contributed by atoms with Gasteiger partial charge in [0.15, 0.2) is 0 Å². The van der Waals surface area contributed by atoms with Crippen molar-refractivity contribution in [3.63, 3.8) is 0 Å². The first-order valence-corrected chi connectivity index (χ1v) is 5.81. The standard InChI is InChI=1S/C13H14N4O/c1-8-12(5-15-16-8)13(18)17-6-9-2-3-11(14)4-10(9)7-17/h2-5H,6-7,14H2,1H3,(H,15,16). The first-order valence-electron chi connectivity index (χ1n) is 5.81. The van der Waals surface area contributed by atoms with Crippen LogP contribution >= 0.6 is 0 Å². The maximum atomic E-state index is 12.3. The normalized spacial score (nSPS) is 13.7. The number of aromatic amines is 1. The minimum absolute atomic E-state index is 0.0102. The van der Waals surface area contributed by atoms with E-state index in [4.69, 9.17) is 5.73 Å². The molecule has 0 atom stereocenters. The summed E-state index contributed by atoms with van der Waals surface area (Å²) in [6, 6.07) is 5.79. The maximum Gasteiger partial charge on any atom is 0.257 e. The number of amides is 1. The molecule has 92 valence electrons. The van der Waals surface area contributed by atoms with E-state index in [9.17, 15) is 4.79 Å². The van der Waals surface area contributed by atoms with Crippen LogP contribution < -0.4 is 5.73 Å². The molecule has 0 fully saturated rings. The van der Waals surface area contributed by atoms with Gasteiger partial charge in [-0.25, -0.2) is 0 Å². The molecular formula is C13H14N4O. The van der Waals surface area contributed by atoms with Gasteiger partial charge in [-0.05, 0) is 30.2 Å². The molecular weight excluding hydrogens is 228 g/mol. The first-order chi connectivity index (χ1) is 8.65. The molecule has 1 amide bonds. The monoisotopic (exact) mass is 242 g/mol. The lowest BCUT2D eigenvalue weighted by Crippen LogP contribution is -2.25. The number of nitrogens with two attached hydrogens (primary N) is 1. The third-order valence-corrected chi connectivity index (χ3v) is 3.30. The van der Waals surface area contributed by atoms with Crippen LogP contribution in [0, 0.1) is 6.92 Å². The fourth-order valence-corrected chi connectivity index (χ4v) is 2.29. The molecule has 1 aliphatic heterocycles. The molecule has 5 nitrogen and oxygen atoms in total. The second kappa shape index (κ2) is 3.87. The molecule has 0 aliphatic carbocycles. The molecule has 0 unspecified atom stereocenters. The summed E-state index contributed by atoms with van der Waals surface area (Å²) in [7, 11) is 0. The van der Waals surface area contributed by atoms with E-state index in [-0.39, 0.29) is 5.91 Å². The van der Waals surface area contributed by atoms with Crippen LogP contribution in [0.5, 0.6) is 0 Å². The number of anilines is 1. The van der Waals surface area contributed by atoms with Crippen LogP contribution in [0.25, 0.3) is 0 Å². The molecule has 1 aromatic carbocycles. The zero-order valence-corrected chi connectivity index (χ0v) is 10.1. The van der Waals surface area contributed by atoms with Crippen LogP contribution in [0.4, 0.5) is 5.69 Å². The predicted octanol–water partition coefficient (Wildman–Crippen LogP) is 1.46. The van der Waals surface area contributed by atoms with Crippen molar-refractivity contribution in [2.75, 3.05) is 5.73 Å². The molecule has 0 spiro atoms. The highest BCUT2D eigenvalue weighted by Gasteiger charge is 2.25. The zero-order valence-electron chi connectivity index (χ0n) is 10.1. The fourth-order valence-electron chi connectivity index (χ4n) is 2.29. The van der Waals surface area contributed by atoms with E-state index in [1.807, 2.05) is 30.0 Å². The van der Waals surface area contributed by atoms with E-state index in [0.717, 1.165) is 16.9 Å². The van der Waals surface area contributed by atoms with Gasteiger partial charge >= 0.3 is 0 Å². The second-order valence-electron chi connectivity index (χ2n) is 4.60. The summed E-state index contributed by atoms with van der Waals surface area (Å²) >= 11 is 0. The molecule has 2 heterocycles. The highest BCUT2D eigenvalue weighted by Crippen LogP contribution is 2.26. The van der Waals surface area contributed by atoms with Crippen molar-refractivity contribution in [2.45, 2.75) is 20.0 Å². The minimum Gasteiger partial charge on any atom is -0.399 e. The van der Waals surface area contributed by atoms with E-state index in [1.165, 1.54) is 5.56 Å². The average Bonchev–Trinajstić information content (AvgIpc) is 2.93. The summed E-state index contributed by atoms with van der Waals surface area (Å²) in [5, 5.41) is 6.67. The van der Waals surface area contributed by atoms with Gasteiger partial charge in [0.05, 0.1) is 11.8 Å². The molecule has 2 aromatic rings. The fraction of sp³-hybridized carbons (Fsp3) is 0.231. The second-order valence-corrected chi connectivity index (χ2v) is 4.60. The summed E-state index contributed by atoms with van der Waals surface area (Å²) in [4.78, 5) is 14.1. The van der Waals surface area contributed by atoms with Crippen molar-refractivity contribution in [2.24, 2.45) is 0 Å². The van der Waals surface area contributed by atoms with E-state index in [0.29, 0.717) is 18.7 Å². The molecule has 0 radical (unpaired) electrons. The molecule has 1 aliphatic rings. The van der Waals surface area contributed by atoms with Crippen molar-refractivity contribution in [1.29, 1.82) is 0 Å². The number of nitrogens with zero attached hydrogens (tertiary/aromatic N) is 2. The summed E-state index contributed by atoms with van der Waals surface area (Å²) in [6.07, 6.45) is 1.58. The minimum atomic E-state index is 0.0102. The number of benzene rings is 1. The first kappa shape index (κ1) is 10.8. The van der Waals surface area contributed by atoms with E-state index < -0.39 is 0 Å². The number of H-pyrrole nitrogens is 1. The van der Waals surface area contributed by atoms with Crippen molar-refractivity contribution in [3.05, 3.63) is 46.8 Å². The highest BCUT2D eigenvalue weighted by molar-refractivity contribution is 5.95. The number of hydrogen-bond acceptors (Lipinski definition) is 3. The number of aromatic nitrogens is 2. The Balaban J connectivity index is 1.86. The van der Waals surface area contributed by atoms with Gasteiger partial charge in [0.2, 0.25) is 0 Å². The van der Waals surface area contributed by atoms with Gasteiger partial charge in [-0.3, -0.25) is 9.89 Å². The SMILES string of the molecule is Cc1[nH]ncc1C(=O)N1Cc2ccc(N)cc2C1. The summed E-state index contributed by atoms with van der Waals surface area (Å²) < 4.78 is 0. The summed E-state index contributed by atoms with van der Waals surface area (Å²) in [5.74, 6) is 0.0102. The quantitative estimate of drug-likeness (QED) is 0.743. The molecule has 0 saturated carbocycles. The van der Waals surface area contributed by atoms with Gasteiger partial charge in [-0.1, -0.05) is 6.07 Å². The van der Waals surface area contributed by atoms with Crippen LogP contribution in [0.3, 0.4) is 0 Å². The van der Waals surface area contributed by atoms with Gasteiger partial charge in [-0.2, -0.15) is 5.10 Å². The maximum absolute atomic E-state index is 12.3. The Labute approximate surface area is 105 Å². The van der Waals surface area contributed by atoms with Gasteiger partial charge in [0, 0.05) is 24.5 Å². The lowest BCUT2D eigenvalue weighted by atomic mass is 10.1. The number of fused-ring (bicyclic) bond motifs is 1. The van der Waals surface area contributed by atoms with E-state index in [1.54, 1.807) is 6.20 Å². The number of hydrogen-bond donors (Lipinski definition) is 2. The number of nitrogen functional groups attached to an aromatic ring is 1. The number of rotatable bonds is 1. The highest BCUT2D eigenvalue weighted by atomic mass is 16.2. The number of aryl methyl sites for hydroxylation is 1.